The molecule has 3 aromatic heterocycles. The van der Waals surface area contributed by atoms with Crippen molar-refractivity contribution in [3.63, 3.8) is 0 Å². The highest BCUT2D eigenvalue weighted by atomic mass is 35.5. The predicted molar refractivity (Wildman–Crippen MR) is 129 cm³/mol. The first-order valence-electron chi connectivity index (χ1n) is 10.6. The van der Waals surface area contributed by atoms with E-state index < -0.39 is 0 Å². The van der Waals surface area contributed by atoms with Gasteiger partial charge in [0, 0.05) is 22.9 Å². The number of nitrogens with zero attached hydrogens (tertiary/aromatic N) is 3. The largest absolute Gasteiger partial charge is 0.465 e. The van der Waals surface area contributed by atoms with Crippen LogP contribution in [0.3, 0.4) is 0 Å². The molecule has 0 atom stereocenters. The zero-order valence-corrected chi connectivity index (χ0v) is 20.2. The number of benzene rings is 1. The van der Waals surface area contributed by atoms with Gasteiger partial charge in [0.05, 0.1) is 21.6 Å². The van der Waals surface area contributed by atoms with Crippen LogP contribution in [-0.2, 0) is 6.54 Å². The summed E-state index contributed by atoms with van der Waals surface area (Å²) in [6, 6.07) is 9.47. The van der Waals surface area contributed by atoms with Crippen LogP contribution < -0.4 is 0 Å². The van der Waals surface area contributed by atoms with Crippen LogP contribution >= 0.6 is 34.5 Å². The summed E-state index contributed by atoms with van der Waals surface area (Å²) >= 11 is 13.8. The molecule has 8 heteroatoms. The number of piperidine rings is 1. The van der Waals surface area contributed by atoms with E-state index in [1.165, 1.54) is 5.56 Å². The van der Waals surface area contributed by atoms with Crippen molar-refractivity contribution in [1.82, 2.24) is 15.0 Å². The molecule has 5 nitrogen and oxygen atoms in total. The van der Waals surface area contributed by atoms with Crippen molar-refractivity contribution in [2.75, 3.05) is 13.1 Å². The van der Waals surface area contributed by atoms with Crippen LogP contribution in [0.15, 0.2) is 44.7 Å². The van der Waals surface area contributed by atoms with Crippen molar-refractivity contribution in [3.05, 3.63) is 67.8 Å². The lowest BCUT2D eigenvalue weighted by Crippen LogP contribution is -2.32. The third kappa shape index (κ3) is 4.50. The van der Waals surface area contributed by atoms with E-state index in [0.29, 0.717) is 27.4 Å². The highest BCUT2D eigenvalue weighted by Crippen LogP contribution is 2.35. The van der Waals surface area contributed by atoms with E-state index in [-0.39, 0.29) is 0 Å². The number of hydrogen-bond acceptors (Lipinski definition) is 6. The minimum Gasteiger partial charge on any atom is -0.465 e. The number of likely N-dealkylation sites (tertiary alicyclic amines) is 1. The molecule has 32 heavy (non-hydrogen) atoms. The molecule has 1 fully saturated rings. The zero-order chi connectivity index (χ0) is 22.2. The fraction of sp³-hybridized carbons (Fsp3) is 0.333. The second-order valence-corrected chi connectivity index (χ2v) is 9.98. The van der Waals surface area contributed by atoms with Crippen molar-refractivity contribution in [2.45, 2.75) is 39.2 Å². The highest BCUT2D eigenvalue weighted by molar-refractivity contribution is 7.10. The van der Waals surface area contributed by atoms with Gasteiger partial charge in [-0.3, -0.25) is 4.90 Å². The lowest BCUT2D eigenvalue weighted by Gasteiger charge is -2.30. The van der Waals surface area contributed by atoms with E-state index in [9.17, 15) is 0 Å². The maximum absolute atomic E-state index is 6.13. The molecule has 166 valence electrons. The second kappa shape index (κ2) is 9.02. The minimum atomic E-state index is 0.475. The fourth-order valence-electron chi connectivity index (χ4n) is 4.06. The molecule has 0 spiro atoms. The quantitative estimate of drug-likeness (QED) is 0.294. The van der Waals surface area contributed by atoms with E-state index >= 15 is 0 Å². The average Bonchev–Trinajstić information content (AvgIpc) is 3.51. The lowest BCUT2D eigenvalue weighted by atomic mass is 9.97. The Labute approximate surface area is 201 Å². The summed E-state index contributed by atoms with van der Waals surface area (Å²) in [4.78, 5) is 7.33. The summed E-state index contributed by atoms with van der Waals surface area (Å²) in [6.45, 7) is 7.08. The Morgan fingerprint density at radius 2 is 1.88 bits per heavy atom. The summed E-state index contributed by atoms with van der Waals surface area (Å²) in [6.07, 6.45) is 2.19. The Morgan fingerprint density at radius 3 is 2.59 bits per heavy atom. The molecule has 0 amide bonds. The molecule has 0 unspecified atom stereocenters. The molecule has 0 saturated carbocycles. The van der Waals surface area contributed by atoms with Gasteiger partial charge in [0.1, 0.15) is 22.9 Å². The summed E-state index contributed by atoms with van der Waals surface area (Å²) < 4.78 is 11.4. The molecule has 4 aromatic rings. The number of halogens is 2. The standard InChI is InChI=1S/C24H23Cl2N3O2S/c1-14-9-18(30-15(14)2)12-29-7-5-16(6-8-29)24-27-22(13-32-24)23-11-21(28-31-23)17-3-4-19(25)20(26)10-17/h3-4,9-11,13,16H,5-8,12H2,1-2H3. The van der Waals surface area contributed by atoms with Crippen LogP contribution in [0, 0.1) is 13.8 Å². The SMILES string of the molecule is Cc1cc(CN2CCC(c3nc(-c4cc(-c5ccc(Cl)c(Cl)c5)no4)cs3)CC2)oc1C. The van der Waals surface area contributed by atoms with Crippen molar-refractivity contribution in [2.24, 2.45) is 0 Å². The number of aryl methyl sites for hydroxylation is 2. The van der Waals surface area contributed by atoms with Crippen molar-refractivity contribution < 1.29 is 8.94 Å². The van der Waals surface area contributed by atoms with Crippen molar-refractivity contribution >= 4 is 34.5 Å². The van der Waals surface area contributed by atoms with Crippen LogP contribution in [0.4, 0.5) is 0 Å². The van der Waals surface area contributed by atoms with E-state index in [4.69, 9.17) is 37.1 Å². The fourth-order valence-corrected chi connectivity index (χ4v) is 5.34. The van der Waals surface area contributed by atoms with E-state index in [1.54, 1.807) is 23.5 Å². The first kappa shape index (κ1) is 21.7. The molecule has 0 bridgehead atoms. The van der Waals surface area contributed by atoms with Gasteiger partial charge in [0.25, 0.3) is 0 Å². The number of thiazole rings is 1. The third-order valence-corrected chi connectivity index (χ3v) is 7.78. The maximum atomic E-state index is 6.13. The van der Waals surface area contributed by atoms with Crippen LogP contribution in [0.2, 0.25) is 10.0 Å². The minimum absolute atomic E-state index is 0.475. The van der Waals surface area contributed by atoms with Crippen molar-refractivity contribution in [1.29, 1.82) is 0 Å². The third-order valence-electron chi connectivity index (χ3n) is 6.03. The van der Waals surface area contributed by atoms with Gasteiger partial charge in [0.2, 0.25) is 0 Å². The number of furan rings is 1. The molecular formula is C24H23Cl2N3O2S. The number of hydrogen-bond donors (Lipinski definition) is 0. The topological polar surface area (TPSA) is 55.3 Å². The summed E-state index contributed by atoms with van der Waals surface area (Å²) in [5, 5.41) is 8.41. The summed E-state index contributed by atoms with van der Waals surface area (Å²) in [5.41, 5.74) is 3.62. The van der Waals surface area contributed by atoms with Crippen LogP contribution in [0.1, 0.15) is 40.9 Å². The second-order valence-electron chi connectivity index (χ2n) is 8.28. The lowest BCUT2D eigenvalue weighted by molar-refractivity contribution is 0.190. The van der Waals surface area contributed by atoms with Crippen molar-refractivity contribution in [3.8, 4) is 22.7 Å². The smallest absolute Gasteiger partial charge is 0.186 e. The monoisotopic (exact) mass is 487 g/mol. The van der Waals surface area contributed by atoms with Gasteiger partial charge in [0.15, 0.2) is 5.76 Å². The van der Waals surface area contributed by atoms with Crippen LogP contribution in [0.5, 0.6) is 0 Å². The summed E-state index contributed by atoms with van der Waals surface area (Å²) in [5.74, 6) is 3.20. The Kier molecular flexibility index (Phi) is 6.12. The Hall–Kier alpha value is -2.12. The molecule has 0 N–H and O–H groups in total. The Balaban J connectivity index is 1.23. The molecule has 1 aliphatic rings. The van der Waals surface area contributed by atoms with Gasteiger partial charge >= 0.3 is 0 Å². The predicted octanol–water partition coefficient (Wildman–Crippen LogP) is 7.36. The Bertz CT molecular complexity index is 1220. The molecule has 1 aliphatic heterocycles. The van der Waals surface area contributed by atoms with Gasteiger partial charge < -0.3 is 8.94 Å². The molecule has 5 rings (SSSR count). The first-order valence-corrected chi connectivity index (χ1v) is 12.3. The molecule has 1 saturated heterocycles. The zero-order valence-electron chi connectivity index (χ0n) is 17.9. The van der Waals surface area contributed by atoms with Gasteiger partial charge in [-0.2, -0.15) is 0 Å². The van der Waals surface area contributed by atoms with E-state index in [0.717, 1.165) is 60.3 Å². The number of rotatable bonds is 5. The first-order chi connectivity index (χ1) is 15.5. The molecule has 0 aliphatic carbocycles. The maximum Gasteiger partial charge on any atom is 0.186 e. The van der Waals surface area contributed by atoms with Gasteiger partial charge in [-0.25, -0.2) is 4.98 Å². The molecule has 0 radical (unpaired) electrons. The van der Waals surface area contributed by atoms with E-state index in [2.05, 4.69) is 28.4 Å². The average molecular weight is 488 g/mol. The molecular weight excluding hydrogens is 465 g/mol. The van der Waals surface area contributed by atoms with Gasteiger partial charge in [-0.15, -0.1) is 11.3 Å². The normalized spacial score (nSPS) is 15.5. The molecule has 1 aromatic carbocycles. The van der Waals surface area contributed by atoms with Crippen LogP contribution in [-0.4, -0.2) is 28.1 Å². The highest BCUT2D eigenvalue weighted by Gasteiger charge is 2.24. The van der Waals surface area contributed by atoms with E-state index in [1.807, 2.05) is 19.1 Å². The van der Waals surface area contributed by atoms with Gasteiger partial charge in [-0.05, 0) is 63.5 Å². The Morgan fingerprint density at radius 1 is 1.06 bits per heavy atom. The van der Waals surface area contributed by atoms with Gasteiger partial charge in [-0.1, -0.05) is 34.4 Å². The molecule has 4 heterocycles. The summed E-state index contributed by atoms with van der Waals surface area (Å²) in [7, 11) is 0. The van der Waals surface area contributed by atoms with Crippen LogP contribution in [0.25, 0.3) is 22.7 Å². The number of aromatic nitrogens is 2.